The summed E-state index contributed by atoms with van der Waals surface area (Å²) in [6.45, 7) is 3.30. The molecular formula is C28H32F6N6O2. The minimum atomic E-state index is -5.01. The number of anilines is 1. The number of aryl methyl sites for hydroxylation is 2. The van der Waals surface area contributed by atoms with Crippen molar-refractivity contribution >= 4 is 17.7 Å². The van der Waals surface area contributed by atoms with Gasteiger partial charge in [-0.15, -0.1) is 10.2 Å². The maximum absolute atomic E-state index is 13.7. The average molecular weight is 599 g/mol. The molecule has 1 atom stereocenters. The first-order valence-electron chi connectivity index (χ1n) is 13.5. The maximum atomic E-state index is 13.7. The van der Waals surface area contributed by atoms with Crippen molar-refractivity contribution < 1.29 is 35.9 Å². The number of guanidine groups is 1. The van der Waals surface area contributed by atoms with E-state index in [1.807, 2.05) is 12.1 Å². The molecule has 4 rings (SSSR count). The van der Waals surface area contributed by atoms with Gasteiger partial charge in [-0.25, -0.2) is 4.79 Å². The topological polar surface area (TPSA) is 95.9 Å². The molecule has 1 aliphatic heterocycles. The quantitative estimate of drug-likeness (QED) is 0.100. The third kappa shape index (κ3) is 6.79. The first kappa shape index (κ1) is 31.1. The number of hydrazone groups is 1. The molecule has 0 spiro atoms. The smallest absolute Gasteiger partial charge is 0.416 e. The Hall–Kier alpha value is -3.84. The Morgan fingerprint density at radius 1 is 1.02 bits per heavy atom. The number of azo groups is 1. The van der Waals surface area contributed by atoms with E-state index in [1.165, 1.54) is 16.8 Å². The molecule has 1 amide bonds. The zero-order chi connectivity index (χ0) is 30.8. The van der Waals surface area contributed by atoms with E-state index in [4.69, 9.17) is 10.6 Å². The van der Waals surface area contributed by atoms with Crippen LogP contribution in [-0.4, -0.2) is 36.6 Å². The van der Waals surface area contributed by atoms with Crippen LogP contribution in [-0.2, 0) is 36.5 Å². The van der Waals surface area contributed by atoms with Gasteiger partial charge in [0.25, 0.3) is 5.96 Å². The van der Waals surface area contributed by atoms with Gasteiger partial charge in [0.15, 0.2) is 0 Å². The Kier molecular flexibility index (Phi) is 9.02. The van der Waals surface area contributed by atoms with Gasteiger partial charge in [-0.3, -0.25) is 4.90 Å². The number of ether oxygens (including phenoxy) is 1. The number of hydrogen-bond donors (Lipinski definition) is 1. The normalized spacial score (nSPS) is 17.8. The van der Waals surface area contributed by atoms with Gasteiger partial charge in [0.2, 0.25) is 0 Å². The van der Waals surface area contributed by atoms with Crippen molar-refractivity contribution in [1.29, 1.82) is 0 Å². The summed E-state index contributed by atoms with van der Waals surface area (Å²) in [6, 6.07) is 4.63. The molecule has 42 heavy (non-hydrogen) atoms. The molecule has 0 aromatic heterocycles. The number of hydrogen-bond acceptors (Lipinski definition) is 5. The lowest BCUT2D eigenvalue weighted by Crippen LogP contribution is -2.35. The van der Waals surface area contributed by atoms with Crippen LogP contribution in [0.25, 0.3) is 0 Å². The first-order valence-corrected chi connectivity index (χ1v) is 13.5. The lowest BCUT2D eigenvalue weighted by molar-refractivity contribution is -0.143. The number of carbonyl (C=O) groups is 1. The molecule has 228 valence electrons. The van der Waals surface area contributed by atoms with E-state index in [1.54, 1.807) is 13.8 Å². The zero-order valence-corrected chi connectivity index (χ0v) is 23.4. The number of benzene rings is 2. The summed E-state index contributed by atoms with van der Waals surface area (Å²) in [4.78, 5) is 16.1. The van der Waals surface area contributed by atoms with Crippen LogP contribution in [0.5, 0.6) is 0 Å². The SMILES string of the molecule is CN=NC(=NN)N(Cc1cc(C(F)(F)F)cc(C(F)(F)F)c1)[C@H]1CCCN(C(=O)OC(C)C)c2cc3c(cc21)CCC3. The summed E-state index contributed by atoms with van der Waals surface area (Å²) < 4.78 is 87.4. The Balaban J connectivity index is 1.88. The molecule has 1 aliphatic carbocycles. The summed E-state index contributed by atoms with van der Waals surface area (Å²) >= 11 is 0. The molecule has 14 heteroatoms. The second-order valence-electron chi connectivity index (χ2n) is 10.5. The number of amides is 1. The Morgan fingerprint density at radius 2 is 1.64 bits per heavy atom. The van der Waals surface area contributed by atoms with E-state index in [9.17, 15) is 31.1 Å². The van der Waals surface area contributed by atoms with E-state index in [0.717, 1.165) is 30.4 Å². The van der Waals surface area contributed by atoms with Gasteiger partial charge in [0.05, 0.1) is 29.0 Å². The van der Waals surface area contributed by atoms with Crippen LogP contribution in [0.2, 0.25) is 0 Å². The van der Waals surface area contributed by atoms with E-state index in [2.05, 4.69) is 15.3 Å². The standard InChI is InChI=1S/C28H32F6N6O2/c1-16(2)42-26(41)39-9-5-8-23(22-12-18-6-4-7-19(18)13-24(22)39)40(25(37-35)38-36-3)15-17-10-20(27(29,30)31)14-21(11-17)28(32,33)34/h10-14,16,23H,4-9,15,35H2,1-3H3/t23-/m0/s1. The molecule has 2 aromatic rings. The van der Waals surface area contributed by atoms with Gasteiger partial charge in [-0.1, -0.05) is 6.07 Å². The molecule has 1 heterocycles. The minimum Gasteiger partial charge on any atom is -0.446 e. The number of alkyl halides is 6. The molecule has 0 saturated carbocycles. The fourth-order valence-electron chi connectivity index (χ4n) is 5.50. The van der Waals surface area contributed by atoms with Gasteiger partial charge in [-0.05, 0) is 92.5 Å². The van der Waals surface area contributed by atoms with Crippen molar-refractivity contribution in [3.63, 3.8) is 0 Å². The highest BCUT2D eigenvalue weighted by Gasteiger charge is 2.38. The van der Waals surface area contributed by atoms with Gasteiger partial charge >= 0.3 is 18.4 Å². The highest BCUT2D eigenvalue weighted by atomic mass is 19.4. The van der Waals surface area contributed by atoms with Crippen LogP contribution < -0.4 is 10.7 Å². The van der Waals surface area contributed by atoms with Crippen molar-refractivity contribution in [2.24, 2.45) is 21.2 Å². The number of carbonyl (C=O) groups excluding carboxylic acids is 1. The van der Waals surface area contributed by atoms with E-state index >= 15 is 0 Å². The van der Waals surface area contributed by atoms with Gasteiger partial charge < -0.3 is 15.5 Å². The molecule has 0 unspecified atom stereocenters. The van der Waals surface area contributed by atoms with Gasteiger partial charge in [-0.2, -0.15) is 31.5 Å². The van der Waals surface area contributed by atoms with Crippen LogP contribution >= 0.6 is 0 Å². The molecule has 0 radical (unpaired) electrons. The van der Waals surface area contributed by atoms with E-state index in [0.29, 0.717) is 36.2 Å². The Morgan fingerprint density at radius 3 is 2.19 bits per heavy atom. The third-order valence-electron chi connectivity index (χ3n) is 7.25. The van der Waals surface area contributed by atoms with Crippen molar-refractivity contribution in [2.75, 3.05) is 18.5 Å². The number of halogens is 6. The highest BCUT2D eigenvalue weighted by molar-refractivity contribution is 5.90. The number of nitrogens with two attached hydrogens (primary N) is 1. The van der Waals surface area contributed by atoms with Crippen molar-refractivity contribution in [3.8, 4) is 0 Å². The second kappa shape index (κ2) is 12.2. The summed E-state index contributed by atoms with van der Waals surface area (Å²) in [5.74, 6) is 5.46. The van der Waals surface area contributed by atoms with Crippen molar-refractivity contribution in [2.45, 2.75) is 77.0 Å². The van der Waals surface area contributed by atoms with Crippen LogP contribution in [0.1, 0.15) is 72.5 Å². The lowest BCUT2D eigenvalue weighted by Gasteiger charge is -2.33. The predicted octanol–water partition coefficient (Wildman–Crippen LogP) is 7.21. The summed E-state index contributed by atoms with van der Waals surface area (Å²) in [6.07, 6.45) is -7.64. The summed E-state index contributed by atoms with van der Waals surface area (Å²) in [5, 5.41) is 11.4. The molecule has 0 fully saturated rings. The largest absolute Gasteiger partial charge is 0.446 e. The molecule has 2 N–H and O–H groups in total. The first-order chi connectivity index (χ1) is 19.7. The second-order valence-corrected chi connectivity index (χ2v) is 10.5. The minimum absolute atomic E-state index is 0.0833. The number of fused-ring (bicyclic) bond motifs is 2. The zero-order valence-electron chi connectivity index (χ0n) is 23.4. The lowest BCUT2D eigenvalue weighted by atomic mass is 9.95. The fraction of sp³-hybridized carbons (Fsp3) is 0.500. The van der Waals surface area contributed by atoms with Crippen LogP contribution in [0.4, 0.5) is 36.8 Å². The maximum Gasteiger partial charge on any atom is 0.416 e. The Labute approximate surface area is 239 Å². The van der Waals surface area contributed by atoms with Crippen molar-refractivity contribution in [3.05, 3.63) is 63.7 Å². The molecule has 8 nitrogen and oxygen atoms in total. The molecule has 0 saturated heterocycles. The average Bonchev–Trinajstić information content (AvgIpc) is 3.28. The van der Waals surface area contributed by atoms with Crippen LogP contribution in [0.3, 0.4) is 0 Å². The third-order valence-corrected chi connectivity index (χ3v) is 7.25. The molecule has 2 aromatic carbocycles. The highest BCUT2D eigenvalue weighted by Crippen LogP contribution is 2.42. The van der Waals surface area contributed by atoms with Gasteiger partial charge in [0.1, 0.15) is 0 Å². The van der Waals surface area contributed by atoms with Crippen LogP contribution in [0, 0.1) is 0 Å². The van der Waals surface area contributed by atoms with Crippen LogP contribution in [0.15, 0.2) is 45.7 Å². The fourth-order valence-corrected chi connectivity index (χ4v) is 5.50. The Bertz CT molecular complexity index is 1340. The molecule has 0 bridgehead atoms. The van der Waals surface area contributed by atoms with Gasteiger partial charge in [0, 0.05) is 20.1 Å². The molecule has 2 aliphatic rings. The number of rotatable bonds is 4. The molecular weight excluding hydrogens is 566 g/mol. The van der Waals surface area contributed by atoms with Crippen molar-refractivity contribution in [1.82, 2.24) is 4.90 Å². The predicted molar refractivity (Wildman–Crippen MR) is 144 cm³/mol. The van der Waals surface area contributed by atoms with E-state index in [-0.39, 0.29) is 30.2 Å². The number of nitrogens with zero attached hydrogens (tertiary/aromatic N) is 5. The summed E-state index contributed by atoms with van der Waals surface area (Å²) in [7, 11) is 1.34. The van der Waals surface area contributed by atoms with E-state index < -0.39 is 42.2 Å². The monoisotopic (exact) mass is 598 g/mol. The summed E-state index contributed by atoms with van der Waals surface area (Å²) in [5.41, 5.74) is 0.182.